The number of amides is 4. The van der Waals surface area contributed by atoms with Gasteiger partial charge >= 0.3 is 0 Å². The summed E-state index contributed by atoms with van der Waals surface area (Å²) in [7, 11) is 0. The van der Waals surface area contributed by atoms with Gasteiger partial charge in [0, 0.05) is 6.42 Å². The Hall–Kier alpha value is -3.56. The summed E-state index contributed by atoms with van der Waals surface area (Å²) in [6.07, 6.45) is 0.173. The molecule has 1 atom stereocenters. The van der Waals surface area contributed by atoms with Crippen LogP contribution in [0, 0.1) is 0 Å². The van der Waals surface area contributed by atoms with Crippen molar-refractivity contribution < 1.29 is 33.4 Å². The van der Waals surface area contributed by atoms with Crippen molar-refractivity contribution in [2.75, 3.05) is 26.4 Å². The minimum absolute atomic E-state index is 0.0690. The average Bonchev–Trinajstić information content (AvgIpc) is 3.07. The Balaban J connectivity index is 1.26. The maximum Gasteiger partial charge on any atom is 0.266 e. The van der Waals surface area contributed by atoms with E-state index in [0.29, 0.717) is 19.8 Å². The molecule has 172 valence electrons. The normalized spacial score (nSPS) is 17.8. The number of benzene rings is 2. The predicted molar refractivity (Wildman–Crippen MR) is 116 cm³/mol. The molecule has 0 saturated carbocycles. The Bertz CT molecular complexity index is 1050. The molecule has 2 aromatic carbocycles. The SMILES string of the molecule is O=C1CCC(N2C(=O)c3cccc(OCCOCCOCc4ccccc4)c3C2=O)C(=O)N1. The molecule has 0 bridgehead atoms. The van der Waals surface area contributed by atoms with Gasteiger partial charge in [0.05, 0.1) is 37.6 Å². The highest BCUT2D eigenvalue weighted by Gasteiger charge is 2.45. The van der Waals surface area contributed by atoms with E-state index in [0.717, 1.165) is 10.5 Å². The van der Waals surface area contributed by atoms with Crippen molar-refractivity contribution in [3.05, 3.63) is 65.2 Å². The standard InChI is InChI=1S/C24H24N2O7/c27-20-10-9-18(22(28)25-20)26-23(29)17-7-4-8-19(21(17)24(26)30)33-14-13-31-11-12-32-15-16-5-2-1-3-6-16/h1-8,18H,9-15H2,(H,25,27,28). The molecule has 0 aromatic heterocycles. The van der Waals surface area contributed by atoms with Gasteiger partial charge in [0.2, 0.25) is 11.8 Å². The van der Waals surface area contributed by atoms with Crippen molar-refractivity contribution in [1.29, 1.82) is 0 Å². The molecule has 1 N–H and O–H groups in total. The Morgan fingerprint density at radius 1 is 0.848 bits per heavy atom. The number of carbonyl (C=O) groups excluding carboxylic acids is 4. The fourth-order valence-corrected chi connectivity index (χ4v) is 3.80. The number of ether oxygens (including phenoxy) is 3. The van der Waals surface area contributed by atoms with Gasteiger partial charge in [-0.3, -0.25) is 29.4 Å². The van der Waals surface area contributed by atoms with Crippen molar-refractivity contribution in [3.8, 4) is 5.75 Å². The molecule has 33 heavy (non-hydrogen) atoms. The van der Waals surface area contributed by atoms with E-state index >= 15 is 0 Å². The summed E-state index contributed by atoms with van der Waals surface area (Å²) in [5.74, 6) is -1.98. The summed E-state index contributed by atoms with van der Waals surface area (Å²) in [5, 5.41) is 2.18. The van der Waals surface area contributed by atoms with Gasteiger partial charge in [-0.15, -0.1) is 0 Å². The third kappa shape index (κ3) is 5.10. The molecule has 2 heterocycles. The summed E-state index contributed by atoms with van der Waals surface area (Å²) in [6.45, 7) is 1.79. The van der Waals surface area contributed by atoms with E-state index in [9.17, 15) is 19.2 Å². The third-order valence-electron chi connectivity index (χ3n) is 5.40. The lowest BCUT2D eigenvalue weighted by molar-refractivity contribution is -0.136. The van der Waals surface area contributed by atoms with E-state index in [2.05, 4.69) is 5.32 Å². The Kier molecular flexibility index (Phi) is 7.11. The number of rotatable bonds is 10. The molecular weight excluding hydrogens is 428 g/mol. The van der Waals surface area contributed by atoms with Crippen molar-refractivity contribution in [1.82, 2.24) is 10.2 Å². The van der Waals surface area contributed by atoms with E-state index in [-0.39, 0.29) is 42.9 Å². The molecule has 2 aromatic rings. The van der Waals surface area contributed by atoms with E-state index in [4.69, 9.17) is 14.2 Å². The van der Waals surface area contributed by atoms with Gasteiger partial charge in [0.1, 0.15) is 18.4 Å². The second kappa shape index (κ2) is 10.4. The summed E-state index contributed by atoms with van der Waals surface area (Å²) in [4.78, 5) is 50.3. The fourth-order valence-electron chi connectivity index (χ4n) is 3.80. The van der Waals surface area contributed by atoms with E-state index in [1.54, 1.807) is 12.1 Å². The molecule has 2 aliphatic rings. The molecule has 9 heteroatoms. The molecule has 4 rings (SSSR count). The van der Waals surface area contributed by atoms with Gasteiger partial charge in [0.25, 0.3) is 11.8 Å². The zero-order chi connectivity index (χ0) is 23.2. The molecular formula is C24H24N2O7. The van der Waals surface area contributed by atoms with Gasteiger partial charge in [-0.2, -0.15) is 0 Å². The predicted octanol–water partition coefficient (Wildman–Crippen LogP) is 1.70. The molecule has 1 saturated heterocycles. The smallest absolute Gasteiger partial charge is 0.266 e. The fraction of sp³-hybridized carbons (Fsp3) is 0.333. The minimum Gasteiger partial charge on any atom is -0.490 e. The monoisotopic (exact) mass is 452 g/mol. The highest BCUT2D eigenvalue weighted by molar-refractivity contribution is 6.24. The first-order chi connectivity index (χ1) is 16.1. The Labute approximate surface area is 190 Å². The minimum atomic E-state index is -1.01. The van der Waals surface area contributed by atoms with E-state index < -0.39 is 29.7 Å². The zero-order valence-electron chi connectivity index (χ0n) is 18.0. The van der Waals surface area contributed by atoms with Gasteiger partial charge < -0.3 is 14.2 Å². The molecule has 0 radical (unpaired) electrons. The van der Waals surface area contributed by atoms with Gasteiger partial charge in [-0.1, -0.05) is 36.4 Å². The number of nitrogens with zero attached hydrogens (tertiary/aromatic N) is 1. The maximum atomic E-state index is 13.0. The molecule has 2 aliphatic heterocycles. The number of imide groups is 2. The van der Waals surface area contributed by atoms with Crippen LogP contribution >= 0.6 is 0 Å². The highest BCUT2D eigenvalue weighted by Crippen LogP contribution is 2.33. The Morgan fingerprint density at radius 3 is 2.39 bits per heavy atom. The summed E-state index contributed by atoms with van der Waals surface area (Å²) in [5.41, 5.74) is 1.39. The molecule has 0 aliphatic carbocycles. The van der Waals surface area contributed by atoms with Crippen LogP contribution < -0.4 is 10.1 Å². The number of fused-ring (bicyclic) bond motifs is 1. The highest BCUT2D eigenvalue weighted by atomic mass is 16.5. The van der Waals surface area contributed by atoms with E-state index in [1.165, 1.54) is 6.07 Å². The second-order valence-corrected chi connectivity index (χ2v) is 7.62. The first kappa shape index (κ1) is 22.6. The number of carbonyl (C=O) groups is 4. The molecule has 1 unspecified atom stereocenters. The molecule has 4 amide bonds. The van der Waals surface area contributed by atoms with Crippen molar-refractivity contribution in [3.63, 3.8) is 0 Å². The van der Waals surface area contributed by atoms with Crippen LogP contribution in [0.15, 0.2) is 48.5 Å². The van der Waals surface area contributed by atoms with Crippen LogP contribution in [0.1, 0.15) is 39.1 Å². The van der Waals surface area contributed by atoms with Crippen LogP contribution in [0.25, 0.3) is 0 Å². The molecule has 9 nitrogen and oxygen atoms in total. The first-order valence-electron chi connectivity index (χ1n) is 10.7. The van der Waals surface area contributed by atoms with Crippen LogP contribution in [0.5, 0.6) is 5.75 Å². The van der Waals surface area contributed by atoms with Crippen molar-refractivity contribution in [2.45, 2.75) is 25.5 Å². The van der Waals surface area contributed by atoms with E-state index in [1.807, 2.05) is 30.3 Å². The largest absolute Gasteiger partial charge is 0.490 e. The van der Waals surface area contributed by atoms with Crippen molar-refractivity contribution >= 4 is 23.6 Å². The summed E-state index contributed by atoms with van der Waals surface area (Å²) >= 11 is 0. The van der Waals surface area contributed by atoms with Crippen LogP contribution in [-0.4, -0.2) is 61.0 Å². The topological polar surface area (TPSA) is 111 Å². The summed E-state index contributed by atoms with van der Waals surface area (Å²) in [6, 6.07) is 13.6. The second-order valence-electron chi connectivity index (χ2n) is 7.62. The van der Waals surface area contributed by atoms with Crippen LogP contribution in [0.4, 0.5) is 0 Å². The van der Waals surface area contributed by atoms with Gasteiger partial charge in [0.15, 0.2) is 0 Å². The van der Waals surface area contributed by atoms with Gasteiger partial charge in [-0.05, 0) is 24.1 Å². The number of hydrogen-bond acceptors (Lipinski definition) is 7. The lowest BCUT2D eigenvalue weighted by atomic mass is 10.0. The lowest BCUT2D eigenvalue weighted by Crippen LogP contribution is -2.54. The van der Waals surface area contributed by atoms with Gasteiger partial charge in [-0.25, -0.2) is 0 Å². The molecule has 0 spiro atoms. The quantitative estimate of drug-likeness (QED) is 0.431. The first-order valence-corrected chi connectivity index (χ1v) is 10.7. The number of piperidine rings is 1. The lowest BCUT2D eigenvalue weighted by Gasteiger charge is -2.27. The van der Waals surface area contributed by atoms with Crippen LogP contribution in [0.3, 0.4) is 0 Å². The molecule has 1 fully saturated rings. The summed E-state index contributed by atoms with van der Waals surface area (Å²) < 4.78 is 16.8. The number of nitrogens with one attached hydrogen (secondary N) is 1. The number of hydrogen-bond donors (Lipinski definition) is 1. The van der Waals surface area contributed by atoms with Crippen molar-refractivity contribution in [2.24, 2.45) is 0 Å². The van der Waals surface area contributed by atoms with Crippen LogP contribution in [-0.2, 0) is 25.7 Å². The maximum absolute atomic E-state index is 13.0. The Morgan fingerprint density at radius 2 is 1.61 bits per heavy atom. The van der Waals surface area contributed by atoms with Crippen LogP contribution in [0.2, 0.25) is 0 Å². The third-order valence-corrected chi connectivity index (χ3v) is 5.40. The zero-order valence-corrected chi connectivity index (χ0v) is 18.0. The average molecular weight is 452 g/mol.